The second-order valence-corrected chi connectivity index (χ2v) is 5.59. The lowest BCUT2D eigenvalue weighted by atomic mass is 10.2. The highest BCUT2D eigenvalue weighted by atomic mass is 16.2. The van der Waals surface area contributed by atoms with Gasteiger partial charge in [0.05, 0.1) is 17.6 Å². The number of aromatic nitrogens is 7. The molecular formula is C16H14N8O2. The third-order valence-electron chi connectivity index (χ3n) is 3.88. The molecule has 0 bridgehead atoms. The molecule has 3 aromatic heterocycles. The van der Waals surface area contributed by atoms with Crippen LogP contribution in [0.1, 0.15) is 0 Å². The molecule has 0 spiro atoms. The molecule has 0 saturated heterocycles. The van der Waals surface area contributed by atoms with E-state index in [1.807, 2.05) is 6.07 Å². The van der Waals surface area contributed by atoms with Gasteiger partial charge in [0.1, 0.15) is 30.9 Å². The molecule has 1 N–H and O–H groups in total. The first-order valence-corrected chi connectivity index (χ1v) is 7.74. The summed E-state index contributed by atoms with van der Waals surface area (Å²) in [5.41, 5.74) is 1.39. The van der Waals surface area contributed by atoms with Crippen LogP contribution in [0.3, 0.4) is 0 Å². The van der Waals surface area contributed by atoms with Crippen molar-refractivity contribution in [1.82, 2.24) is 34.1 Å². The van der Waals surface area contributed by atoms with Crippen molar-refractivity contribution in [2.24, 2.45) is 7.05 Å². The van der Waals surface area contributed by atoms with E-state index >= 15 is 0 Å². The molecule has 4 rings (SSSR count). The highest BCUT2D eigenvalue weighted by Crippen LogP contribution is 2.18. The lowest BCUT2D eigenvalue weighted by Gasteiger charge is -2.11. The van der Waals surface area contributed by atoms with Crippen LogP contribution in [0.5, 0.6) is 0 Å². The number of aryl methyl sites for hydroxylation is 1. The number of benzene rings is 1. The molecule has 10 heteroatoms. The van der Waals surface area contributed by atoms with Crippen LogP contribution in [0.2, 0.25) is 0 Å². The average Bonchev–Trinajstić information content (AvgIpc) is 3.28. The number of amides is 1. The quantitative estimate of drug-likeness (QED) is 0.568. The van der Waals surface area contributed by atoms with Crippen LogP contribution < -0.4 is 10.9 Å². The maximum atomic E-state index is 12.5. The number of nitrogens with one attached hydrogen (secondary N) is 1. The summed E-state index contributed by atoms with van der Waals surface area (Å²) >= 11 is 0. The Bertz CT molecular complexity index is 1140. The number of anilines is 1. The zero-order chi connectivity index (χ0) is 18.1. The minimum Gasteiger partial charge on any atom is -0.323 e. The van der Waals surface area contributed by atoms with E-state index in [4.69, 9.17) is 0 Å². The Hall–Kier alpha value is -3.82. The second kappa shape index (κ2) is 6.24. The molecule has 1 aromatic carbocycles. The highest BCUT2D eigenvalue weighted by Gasteiger charge is 2.12. The maximum absolute atomic E-state index is 12.5. The summed E-state index contributed by atoms with van der Waals surface area (Å²) in [5.74, 6) is -0.357. The van der Waals surface area contributed by atoms with Crippen molar-refractivity contribution in [2.45, 2.75) is 6.54 Å². The Kier molecular flexibility index (Phi) is 3.77. The van der Waals surface area contributed by atoms with Gasteiger partial charge >= 0.3 is 0 Å². The van der Waals surface area contributed by atoms with E-state index in [0.29, 0.717) is 22.4 Å². The standard InChI is InChI=1S/C16H14N8O2/c1-22-15-11(6-19-22)16(26)23(10-18-15)7-14(25)21-12-4-2-3-5-13(12)24-9-17-8-20-24/h2-6,8-10H,7H2,1H3,(H,21,25). The van der Waals surface area contributed by atoms with Gasteiger partial charge in [-0.1, -0.05) is 12.1 Å². The molecular weight excluding hydrogens is 336 g/mol. The van der Waals surface area contributed by atoms with Crippen LogP contribution in [-0.4, -0.2) is 40.0 Å². The molecule has 130 valence electrons. The predicted octanol–water partition coefficient (Wildman–Crippen LogP) is 0.349. The van der Waals surface area contributed by atoms with Crippen LogP contribution in [0.15, 0.2) is 54.2 Å². The largest absolute Gasteiger partial charge is 0.323 e. The van der Waals surface area contributed by atoms with Gasteiger partial charge in [0.25, 0.3) is 5.56 Å². The van der Waals surface area contributed by atoms with Crippen LogP contribution in [0.25, 0.3) is 16.7 Å². The Labute approximate surface area is 146 Å². The van der Waals surface area contributed by atoms with Crippen molar-refractivity contribution in [3.63, 3.8) is 0 Å². The fourth-order valence-electron chi connectivity index (χ4n) is 2.64. The monoisotopic (exact) mass is 350 g/mol. The molecule has 0 radical (unpaired) electrons. The normalized spacial score (nSPS) is 11.0. The molecule has 0 aliphatic heterocycles. The molecule has 26 heavy (non-hydrogen) atoms. The second-order valence-electron chi connectivity index (χ2n) is 5.59. The summed E-state index contributed by atoms with van der Waals surface area (Å²) in [6, 6.07) is 7.18. The van der Waals surface area contributed by atoms with Gasteiger partial charge in [-0.05, 0) is 12.1 Å². The summed E-state index contributed by atoms with van der Waals surface area (Å²) in [7, 11) is 1.70. The molecule has 1 amide bonds. The molecule has 0 aliphatic rings. The number of hydrogen-bond donors (Lipinski definition) is 1. The van der Waals surface area contributed by atoms with Gasteiger partial charge in [0, 0.05) is 7.05 Å². The van der Waals surface area contributed by atoms with Gasteiger partial charge in [0.15, 0.2) is 5.65 Å². The summed E-state index contributed by atoms with van der Waals surface area (Å²) in [6.07, 6.45) is 5.73. The van der Waals surface area contributed by atoms with Gasteiger partial charge in [-0.3, -0.25) is 18.8 Å². The molecule has 0 saturated carbocycles. The van der Waals surface area contributed by atoms with E-state index in [2.05, 4.69) is 25.5 Å². The molecule has 10 nitrogen and oxygen atoms in total. The van der Waals surface area contributed by atoms with Crippen LogP contribution >= 0.6 is 0 Å². The highest BCUT2D eigenvalue weighted by molar-refractivity contribution is 5.92. The summed E-state index contributed by atoms with van der Waals surface area (Å²) < 4.78 is 4.30. The average molecular weight is 350 g/mol. The number of fused-ring (bicyclic) bond motifs is 1. The number of hydrogen-bond acceptors (Lipinski definition) is 6. The lowest BCUT2D eigenvalue weighted by molar-refractivity contribution is -0.116. The minimum atomic E-state index is -0.357. The molecule has 0 aliphatic carbocycles. The zero-order valence-electron chi connectivity index (χ0n) is 13.8. The van der Waals surface area contributed by atoms with E-state index in [-0.39, 0.29) is 18.0 Å². The molecule has 3 heterocycles. The number of carbonyl (C=O) groups is 1. The van der Waals surface area contributed by atoms with Crippen molar-refractivity contribution in [1.29, 1.82) is 0 Å². The number of carbonyl (C=O) groups excluding carboxylic acids is 1. The maximum Gasteiger partial charge on any atom is 0.264 e. The summed E-state index contributed by atoms with van der Waals surface area (Å²) in [5, 5.41) is 11.2. The predicted molar refractivity (Wildman–Crippen MR) is 92.8 cm³/mol. The topological polar surface area (TPSA) is 113 Å². The van der Waals surface area contributed by atoms with Gasteiger partial charge in [-0.15, -0.1) is 0 Å². The first-order chi connectivity index (χ1) is 12.6. The first kappa shape index (κ1) is 15.7. The number of rotatable bonds is 4. The van der Waals surface area contributed by atoms with Crippen molar-refractivity contribution in [3.8, 4) is 5.69 Å². The van der Waals surface area contributed by atoms with E-state index in [9.17, 15) is 9.59 Å². The zero-order valence-corrected chi connectivity index (χ0v) is 13.8. The van der Waals surface area contributed by atoms with Gasteiger partial charge in [0.2, 0.25) is 5.91 Å². The van der Waals surface area contributed by atoms with E-state index < -0.39 is 0 Å². The third kappa shape index (κ3) is 2.73. The fraction of sp³-hybridized carbons (Fsp3) is 0.125. The Balaban J connectivity index is 1.59. The number of nitrogens with zero attached hydrogens (tertiary/aromatic N) is 7. The summed E-state index contributed by atoms with van der Waals surface area (Å²) in [4.78, 5) is 33.0. The first-order valence-electron chi connectivity index (χ1n) is 7.74. The lowest BCUT2D eigenvalue weighted by Crippen LogP contribution is -2.28. The smallest absolute Gasteiger partial charge is 0.264 e. The fourth-order valence-corrected chi connectivity index (χ4v) is 2.64. The molecule has 0 fully saturated rings. The van der Waals surface area contributed by atoms with Crippen molar-refractivity contribution in [3.05, 3.63) is 59.8 Å². The van der Waals surface area contributed by atoms with E-state index in [1.165, 1.54) is 34.4 Å². The summed E-state index contributed by atoms with van der Waals surface area (Å²) in [6.45, 7) is -0.164. The van der Waals surface area contributed by atoms with Crippen molar-refractivity contribution in [2.75, 3.05) is 5.32 Å². The third-order valence-corrected chi connectivity index (χ3v) is 3.88. The van der Waals surface area contributed by atoms with Gasteiger partial charge in [-0.25, -0.2) is 14.6 Å². The van der Waals surface area contributed by atoms with Crippen molar-refractivity contribution >= 4 is 22.6 Å². The van der Waals surface area contributed by atoms with Crippen LogP contribution in [-0.2, 0) is 18.4 Å². The Morgan fingerprint density at radius 1 is 1.19 bits per heavy atom. The van der Waals surface area contributed by atoms with Gasteiger partial charge < -0.3 is 5.32 Å². The van der Waals surface area contributed by atoms with Gasteiger partial charge in [-0.2, -0.15) is 10.2 Å². The molecule has 0 unspecified atom stereocenters. The minimum absolute atomic E-state index is 0.164. The number of para-hydroxylation sites is 2. The van der Waals surface area contributed by atoms with E-state index in [1.54, 1.807) is 29.9 Å². The SMILES string of the molecule is Cn1ncc2c(=O)n(CC(=O)Nc3ccccc3-n3cncn3)cnc21. The van der Waals surface area contributed by atoms with Crippen LogP contribution in [0, 0.1) is 0 Å². The van der Waals surface area contributed by atoms with Crippen molar-refractivity contribution < 1.29 is 4.79 Å². The molecule has 0 atom stereocenters. The van der Waals surface area contributed by atoms with E-state index in [0.717, 1.165) is 0 Å². The Morgan fingerprint density at radius 3 is 2.85 bits per heavy atom. The van der Waals surface area contributed by atoms with Crippen LogP contribution in [0.4, 0.5) is 5.69 Å². The Morgan fingerprint density at radius 2 is 2.04 bits per heavy atom. The molecule has 4 aromatic rings.